The third-order valence-electron chi connectivity index (χ3n) is 4.19. The molecule has 0 atom stereocenters. The Hall–Kier alpha value is -1.36. The molecule has 1 N–H and O–H groups in total. The number of halogens is 2. The van der Waals surface area contributed by atoms with Gasteiger partial charge in [0.05, 0.1) is 30.7 Å². The van der Waals surface area contributed by atoms with E-state index < -0.39 is 23.2 Å². The van der Waals surface area contributed by atoms with E-state index in [1.807, 2.05) is 0 Å². The smallest absolute Gasteiger partial charge is 0.281 e. The van der Waals surface area contributed by atoms with Crippen molar-refractivity contribution in [2.75, 3.05) is 33.8 Å². The summed E-state index contributed by atoms with van der Waals surface area (Å²) < 4.78 is 58.4. The predicted octanol–water partition coefficient (Wildman–Crippen LogP) is 1.41. The second-order valence-electron chi connectivity index (χ2n) is 6.12. The van der Waals surface area contributed by atoms with Gasteiger partial charge in [0.2, 0.25) is 0 Å². The minimum atomic E-state index is -3.42. The summed E-state index contributed by atoms with van der Waals surface area (Å²) in [7, 11) is -0.452. The van der Waals surface area contributed by atoms with Crippen LogP contribution in [0.25, 0.3) is 0 Å². The molecule has 1 aliphatic heterocycles. The topological polar surface area (TPSA) is 83.0 Å². The highest BCUT2D eigenvalue weighted by molar-refractivity contribution is 7.86. The maximum Gasteiger partial charge on any atom is 0.281 e. The van der Waals surface area contributed by atoms with Gasteiger partial charge in [0.15, 0.2) is 0 Å². The van der Waals surface area contributed by atoms with Crippen molar-refractivity contribution >= 4 is 10.2 Å². The first-order valence-corrected chi connectivity index (χ1v) is 9.33. The zero-order valence-electron chi connectivity index (χ0n) is 14.2. The maximum atomic E-state index is 13.1. The molecule has 7 nitrogen and oxygen atoms in total. The molecular formula is C15H23F2N3O4S. The lowest BCUT2D eigenvalue weighted by atomic mass is 9.99. The van der Waals surface area contributed by atoms with E-state index in [4.69, 9.17) is 9.84 Å². The summed E-state index contributed by atoms with van der Waals surface area (Å²) in [4.78, 5) is 3.87. The Morgan fingerprint density at radius 2 is 2.04 bits per heavy atom. The van der Waals surface area contributed by atoms with E-state index in [2.05, 4.69) is 4.98 Å². The van der Waals surface area contributed by atoms with Crippen molar-refractivity contribution in [3.05, 3.63) is 23.5 Å². The third kappa shape index (κ3) is 4.84. The number of aliphatic hydroxyl groups excluding tert-OH is 1. The van der Waals surface area contributed by atoms with Crippen molar-refractivity contribution in [3.63, 3.8) is 0 Å². The first-order valence-electron chi connectivity index (χ1n) is 7.94. The van der Waals surface area contributed by atoms with E-state index in [1.165, 1.54) is 28.9 Å². The van der Waals surface area contributed by atoms with Crippen LogP contribution < -0.4 is 4.74 Å². The van der Waals surface area contributed by atoms with Gasteiger partial charge < -0.3 is 9.84 Å². The molecule has 0 spiro atoms. The fourth-order valence-electron chi connectivity index (χ4n) is 2.63. The predicted molar refractivity (Wildman–Crippen MR) is 87.5 cm³/mol. The molecule has 2 rings (SSSR count). The standard InChI is InChI=1S/C15H23F2N3O4S/c1-19(2)25(22,23)20-5-3-11(4-6-20)10-24-14-8-18-12(9-21)7-13(14)15(16)17/h7-8,11,15,21H,3-6,9-10H2,1-2H3. The molecule has 0 unspecified atom stereocenters. The molecule has 0 saturated carbocycles. The zero-order valence-corrected chi connectivity index (χ0v) is 15.0. The summed E-state index contributed by atoms with van der Waals surface area (Å²) in [6, 6.07) is 1.13. The van der Waals surface area contributed by atoms with E-state index in [-0.39, 0.29) is 29.5 Å². The van der Waals surface area contributed by atoms with E-state index >= 15 is 0 Å². The molecular weight excluding hydrogens is 356 g/mol. The highest BCUT2D eigenvalue weighted by Crippen LogP contribution is 2.30. The fraction of sp³-hybridized carbons (Fsp3) is 0.667. The summed E-state index contributed by atoms with van der Waals surface area (Å²) in [6.45, 7) is 0.546. The largest absolute Gasteiger partial charge is 0.491 e. The number of aliphatic hydroxyl groups is 1. The van der Waals surface area contributed by atoms with Crippen molar-refractivity contribution < 1.29 is 27.0 Å². The average molecular weight is 379 g/mol. The van der Waals surface area contributed by atoms with Gasteiger partial charge in [0, 0.05) is 27.2 Å². The van der Waals surface area contributed by atoms with Crippen LogP contribution in [0, 0.1) is 5.92 Å². The number of hydrogen-bond donors (Lipinski definition) is 1. The van der Waals surface area contributed by atoms with Gasteiger partial charge in [-0.15, -0.1) is 0 Å². The van der Waals surface area contributed by atoms with E-state index in [1.54, 1.807) is 0 Å². The molecule has 2 heterocycles. The van der Waals surface area contributed by atoms with Crippen molar-refractivity contribution in [2.45, 2.75) is 25.9 Å². The molecule has 1 aromatic rings. The normalized spacial score (nSPS) is 17.4. The van der Waals surface area contributed by atoms with Crippen molar-refractivity contribution in [2.24, 2.45) is 5.92 Å². The van der Waals surface area contributed by atoms with Gasteiger partial charge in [-0.05, 0) is 24.8 Å². The summed E-state index contributed by atoms with van der Waals surface area (Å²) in [5.74, 6) is 0.0761. The molecule has 25 heavy (non-hydrogen) atoms. The molecule has 10 heteroatoms. The monoisotopic (exact) mass is 379 g/mol. The highest BCUT2D eigenvalue weighted by atomic mass is 32.2. The lowest BCUT2D eigenvalue weighted by Crippen LogP contribution is -2.45. The molecule has 1 fully saturated rings. The van der Waals surface area contributed by atoms with Gasteiger partial charge in [0.25, 0.3) is 16.6 Å². The number of pyridine rings is 1. The van der Waals surface area contributed by atoms with Crippen molar-refractivity contribution in [3.8, 4) is 5.75 Å². The molecule has 0 bridgehead atoms. The lowest BCUT2D eigenvalue weighted by Gasteiger charge is -2.32. The maximum absolute atomic E-state index is 13.1. The molecule has 1 aromatic heterocycles. The number of aromatic nitrogens is 1. The van der Waals surface area contributed by atoms with Crippen LogP contribution >= 0.6 is 0 Å². The van der Waals surface area contributed by atoms with Gasteiger partial charge in [0.1, 0.15) is 5.75 Å². The summed E-state index contributed by atoms with van der Waals surface area (Å²) in [5, 5.41) is 8.99. The first kappa shape index (κ1) is 20.0. The molecule has 1 saturated heterocycles. The van der Waals surface area contributed by atoms with Gasteiger partial charge in [-0.1, -0.05) is 0 Å². The van der Waals surface area contributed by atoms with Crippen LogP contribution in [0.15, 0.2) is 12.3 Å². The van der Waals surface area contributed by atoms with Crippen LogP contribution in [-0.4, -0.2) is 60.9 Å². The second-order valence-corrected chi connectivity index (χ2v) is 8.26. The van der Waals surface area contributed by atoms with Crippen LogP contribution in [0.3, 0.4) is 0 Å². The Morgan fingerprint density at radius 1 is 1.40 bits per heavy atom. The Balaban J connectivity index is 1.94. The Morgan fingerprint density at radius 3 is 2.56 bits per heavy atom. The molecule has 0 aliphatic carbocycles. The van der Waals surface area contributed by atoms with Crippen LogP contribution in [0.5, 0.6) is 5.75 Å². The number of hydrogen-bond acceptors (Lipinski definition) is 5. The van der Waals surface area contributed by atoms with Gasteiger partial charge >= 0.3 is 0 Å². The number of alkyl halides is 2. The quantitative estimate of drug-likeness (QED) is 0.775. The number of rotatable bonds is 7. The average Bonchev–Trinajstić information content (AvgIpc) is 2.59. The highest BCUT2D eigenvalue weighted by Gasteiger charge is 2.30. The van der Waals surface area contributed by atoms with Crippen molar-refractivity contribution in [1.29, 1.82) is 0 Å². The zero-order chi connectivity index (χ0) is 18.6. The SMILES string of the molecule is CN(C)S(=O)(=O)N1CCC(COc2cnc(CO)cc2C(F)F)CC1. The molecule has 0 amide bonds. The van der Waals surface area contributed by atoms with Gasteiger partial charge in [-0.25, -0.2) is 8.78 Å². The number of piperidine rings is 1. The Bertz CT molecular complexity index is 677. The molecule has 1 aliphatic rings. The summed E-state index contributed by atoms with van der Waals surface area (Å²) in [6.07, 6.45) is -0.340. The fourth-order valence-corrected chi connectivity index (χ4v) is 3.76. The Kier molecular flexibility index (Phi) is 6.66. The van der Waals surface area contributed by atoms with Crippen LogP contribution in [0.4, 0.5) is 8.78 Å². The van der Waals surface area contributed by atoms with E-state index in [0.717, 1.165) is 6.07 Å². The van der Waals surface area contributed by atoms with E-state index in [9.17, 15) is 17.2 Å². The minimum Gasteiger partial charge on any atom is -0.491 e. The van der Waals surface area contributed by atoms with E-state index in [0.29, 0.717) is 25.9 Å². The van der Waals surface area contributed by atoms with Crippen LogP contribution in [-0.2, 0) is 16.8 Å². The second kappa shape index (κ2) is 8.35. The van der Waals surface area contributed by atoms with Gasteiger partial charge in [-0.3, -0.25) is 4.98 Å². The van der Waals surface area contributed by atoms with Crippen LogP contribution in [0.1, 0.15) is 30.5 Å². The van der Waals surface area contributed by atoms with Crippen molar-refractivity contribution in [1.82, 2.24) is 13.6 Å². The number of ether oxygens (including phenoxy) is 1. The third-order valence-corrected chi connectivity index (χ3v) is 6.13. The van der Waals surface area contributed by atoms with Crippen LogP contribution in [0.2, 0.25) is 0 Å². The minimum absolute atomic E-state index is 0.00413. The summed E-state index contributed by atoms with van der Waals surface area (Å²) >= 11 is 0. The number of nitrogens with zero attached hydrogens (tertiary/aromatic N) is 3. The van der Waals surface area contributed by atoms with Gasteiger partial charge in [-0.2, -0.15) is 17.0 Å². The molecule has 142 valence electrons. The molecule has 0 aromatic carbocycles. The molecule has 0 radical (unpaired) electrons. The summed E-state index contributed by atoms with van der Waals surface area (Å²) in [5.41, 5.74) is -0.142. The Labute approximate surface area is 146 Å². The lowest BCUT2D eigenvalue weighted by molar-refractivity contribution is 0.137. The first-order chi connectivity index (χ1) is 11.8.